The lowest BCUT2D eigenvalue weighted by Crippen LogP contribution is -2.28. The molecule has 0 aliphatic rings. The van der Waals surface area contributed by atoms with E-state index in [1.807, 2.05) is 13.8 Å². The van der Waals surface area contributed by atoms with Crippen LogP contribution >= 0.6 is 0 Å². The molecular formula is C10H16O3. The molecule has 0 saturated carbocycles. The van der Waals surface area contributed by atoms with Crippen molar-refractivity contribution in [2.75, 3.05) is 0 Å². The van der Waals surface area contributed by atoms with Gasteiger partial charge in [0.2, 0.25) is 0 Å². The van der Waals surface area contributed by atoms with Crippen molar-refractivity contribution in [2.24, 2.45) is 0 Å². The van der Waals surface area contributed by atoms with E-state index in [9.17, 15) is 10.2 Å². The van der Waals surface area contributed by atoms with Gasteiger partial charge in [-0.1, -0.05) is 0 Å². The largest absolute Gasteiger partial charge is 0.463 e. The Morgan fingerprint density at radius 2 is 1.92 bits per heavy atom. The van der Waals surface area contributed by atoms with Crippen LogP contribution in [0.15, 0.2) is 10.5 Å². The summed E-state index contributed by atoms with van der Waals surface area (Å²) in [6.07, 6.45) is -0.972. The van der Waals surface area contributed by atoms with E-state index in [1.165, 1.54) is 0 Å². The van der Waals surface area contributed by atoms with Crippen LogP contribution in [-0.2, 0) is 0 Å². The predicted molar refractivity (Wildman–Crippen MR) is 49.4 cm³/mol. The molecule has 0 aliphatic heterocycles. The highest BCUT2D eigenvalue weighted by Gasteiger charge is 2.29. The van der Waals surface area contributed by atoms with Crippen molar-refractivity contribution < 1.29 is 14.6 Å². The zero-order valence-corrected chi connectivity index (χ0v) is 8.46. The number of aryl methyl sites for hydroxylation is 2. The smallest absolute Gasteiger partial charge is 0.140 e. The van der Waals surface area contributed by atoms with Crippen LogP contribution in [0.5, 0.6) is 0 Å². The molecule has 2 N–H and O–H groups in total. The quantitative estimate of drug-likeness (QED) is 0.735. The highest BCUT2D eigenvalue weighted by molar-refractivity contribution is 5.21. The zero-order chi connectivity index (χ0) is 10.2. The molecule has 0 aliphatic carbocycles. The van der Waals surface area contributed by atoms with E-state index in [1.54, 1.807) is 19.9 Å². The van der Waals surface area contributed by atoms with Gasteiger partial charge in [-0.25, -0.2) is 0 Å². The summed E-state index contributed by atoms with van der Waals surface area (Å²) in [7, 11) is 0. The van der Waals surface area contributed by atoms with Gasteiger partial charge in [0, 0.05) is 0 Å². The van der Waals surface area contributed by atoms with Crippen LogP contribution in [-0.4, -0.2) is 15.8 Å². The average molecular weight is 184 g/mol. The van der Waals surface area contributed by atoms with E-state index >= 15 is 0 Å². The number of aliphatic hydroxyl groups is 2. The van der Waals surface area contributed by atoms with Crippen LogP contribution in [0.1, 0.15) is 37.0 Å². The number of hydrogen-bond acceptors (Lipinski definition) is 3. The third-order valence-electron chi connectivity index (χ3n) is 2.12. The van der Waals surface area contributed by atoms with Gasteiger partial charge in [0.05, 0.1) is 5.60 Å². The monoisotopic (exact) mass is 184 g/mol. The molecule has 0 spiro atoms. The van der Waals surface area contributed by atoms with Gasteiger partial charge in [-0.2, -0.15) is 0 Å². The molecule has 13 heavy (non-hydrogen) atoms. The lowest BCUT2D eigenvalue weighted by molar-refractivity contribution is -0.0596. The molecule has 0 amide bonds. The summed E-state index contributed by atoms with van der Waals surface area (Å²) in [6, 6.07) is 1.75. The molecule has 1 aromatic rings. The first-order valence-electron chi connectivity index (χ1n) is 4.29. The average Bonchev–Trinajstić information content (AvgIpc) is 2.29. The van der Waals surface area contributed by atoms with Crippen molar-refractivity contribution in [1.82, 2.24) is 0 Å². The van der Waals surface area contributed by atoms with E-state index in [4.69, 9.17) is 4.42 Å². The molecule has 1 atom stereocenters. The molecule has 1 unspecified atom stereocenters. The molecule has 1 heterocycles. The Bertz CT molecular complexity index is 274. The normalized spacial score (nSPS) is 14.6. The Hall–Kier alpha value is -0.800. The fourth-order valence-corrected chi connectivity index (χ4v) is 1.08. The molecule has 0 fully saturated rings. The summed E-state index contributed by atoms with van der Waals surface area (Å²) < 4.78 is 5.29. The summed E-state index contributed by atoms with van der Waals surface area (Å²) >= 11 is 0. The first-order valence-corrected chi connectivity index (χ1v) is 4.29. The van der Waals surface area contributed by atoms with Gasteiger partial charge in [0.1, 0.15) is 17.6 Å². The van der Waals surface area contributed by atoms with Gasteiger partial charge in [0.15, 0.2) is 0 Å². The summed E-state index contributed by atoms with van der Waals surface area (Å²) in [5.74, 6) is 1.20. The van der Waals surface area contributed by atoms with Gasteiger partial charge >= 0.3 is 0 Å². The van der Waals surface area contributed by atoms with Gasteiger partial charge in [-0.3, -0.25) is 0 Å². The Balaban J connectivity index is 2.96. The summed E-state index contributed by atoms with van der Waals surface area (Å²) in [4.78, 5) is 0. The van der Waals surface area contributed by atoms with Crippen molar-refractivity contribution in [3.05, 3.63) is 23.2 Å². The second-order valence-electron chi connectivity index (χ2n) is 3.94. The lowest BCUT2D eigenvalue weighted by atomic mass is 10.00. The number of hydrogen-bond donors (Lipinski definition) is 2. The molecule has 1 rings (SSSR count). The minimum Gasteiger partial charge on any atom is -0.463 e. The standard InChI is InChI=1S/C10H16O3/c1-6-5-8(13-7(6)2)9(11)10(3,4)12/h5,9,11-12H,1-4H3. The van der Waals surface area contributed by atoms with E-state index in [0.29, 0.717) is 5.76 Å². The minimum atomic E-state index is -1.17. The Labute approximate surface area is 78.0 Å². The summed E-state index contributed by atoms with van der Waals surface area (Å²) in [5, 5.41) is 19.2. The van der Waals surface area contributed by atoms with Gasteiger partial charge in [-0.05, 0) is 39.3 Å². The van der Waals surface area contributed by atoms with Crippen LogP contribution in [0.3, 0.4) is 0 Å². The van der Waals surface area contributed by atoms with Crippen LogP contribution in [0.25, 0.3) is 0 Å². The van der Waals surface area contributed by atoms with Crippen molar-refractivity contribution in [1.29, 1.82) is 0 Å². The predicted octanol–water partition coefficient (Wildman–Crippen LogP) is 1.70. The Morgan fingerprint density at radius 3 is 2.23 bits per heavy atom. The fourth-order valence-electron chi connectivity index (χ4n) is 1.08. The highest BCUT2D eigenvalue weighted by Crippen LogP contribution is 2.28. The molecule has 1 aromatic heterocycles. The Kier molecular flexibility index (Phi) is 2.50. The first-order chi connectivity index (χ1) is 5.82. The summed E-state index contributed by atoms with van der Waals surface area (Å²) in [5.41, 5.74) is -0.185. The van der Waals surface area contributed by atoms with Crippen molar-refractivity contribution in [2.45, 2.75) is 39.4 Å². The SMILES string of the molecule is Cc1cc(C(O)C(C)(C)O)oc1C. The Morgan fingerprint density at radius 1 is 1.38 bits per heavy atom. The minimum absolute atomic E-state index is 0.419. The zero-order valence-electron chi connectivity index (χ0n) is 8.46. The molecule has 74 valence electrons. The maximum absolute atomic E-state index is 9.65. The second kappa shape index (κ2) is 3.16. The van der Waals surface area contributed by atoms with Crippen LogP contribution in [0.2, 0.25) is 0 Å². The van der Waals surface area contributed by atoms with E-state index in [-0.39, 0.29) is 0 Å². The second-order valence-corrected chi connectivity index (χ2v) is 3.94. The van der Waals surface area contributed by atoms with Crippen LogP contribution in [0.4, 0.5) is 0 Å². The van der Waals surface area contributed by atoms with Crippen LogP contribution < -0.4 is 0 Å². The topological polar surface area (TPSA) is 53.6 Å². The van der Waals surface area contributed by atoms with Crippen molar-refractivity contribution in [3.8, 4) is 0 Å². The fraction of sp³-hybridized carbons (Fsp3) is 0.600. The highest BCUT2D eigenvalue weighted by atomic mass is 16.4. The third kappa shape index (κ3) is 2.11. The summed E-state index contributed by atoms with van der Waals surface area (Å²) in [6.45, 7) is 6.82. The van der Waals surface area contributed by atoms with E-state index in [2.05, 4.69) is 0 Å². The van der Waals surface area contributed by atoms with Crippen LogP contribution in [0, 0.1) is 13.8 Å². The molecular weight excluding hydrogens is 168 g/mol. The van der Waals surface area contributed by atoms with E-state index < -0.39 is 11.7 Å². The first kappa shape index (κ1) is 10.3. The number of rotatable bonds is 2. The van der Waals surface area contributed by atoms with Gasteiger partial charge in [-0.15, -0.1) is 0 Å². The van der Waals surface area contributed by atoms with Gasteiger partial charge < -0.3 is 14.6 Å². The number of aliphatic hydroxyl groups excluding tert-OH is 1. The molecule has 0 radical (unpaired) electrons. The van der Waals surface area contributed by atoms with Gasteiger partial charge in [0.25, 0.3) is 0 Å². The molecule has 0 aromatic carbocycles. The molecule has 3 heteroatoms. The van der Waals surface area contributed by atoms with E-state index in [0.717, 1.165) is 11.3 Å². The maximum Gasteiger partial charge on any atom is 0.140 e. The van der Waals surface area contributed by atoms with Crippen molar-refractivity contribution >= 4 is 0 Å². The lowest BCUT2D eigenvalue weighted by Gasteiger charge is -2.22. The maximum atomic E-state index is 9.65. The third-order valence-corrected chi connectivity index (χ3v) is 2.12. The number of furan rings is 1. The van der Waals surface area contributed by atoms with Crippen molar-refractivity contribution in [3.63, 3.8) is 0 Å². The molecule has 3 nitrogen and oxygen atoms in total. The molecule has 0 saturated heterocycles. The molecule has 0 bridgehead atoms.